The van der Waals surface area contributed by atoms with Gasteiger partial charge in [-0.2, -0.15) is 0 Å². The van der Waals surface area contributed by atoms with E-state index in [9.17, 15) is 4.79 Å². The monoisotopic (exact) mass is 338 g/mol. The number of carbonyl (C=O) groups excluding carboxylic acids is 1. The van der Waals surface area contributed by atoms with Gasteiger partial charge in [0.05, 0.1) is 0 Å². The predicted octanol–water partition coefficient (Wildman–Crippen LogP) is 4.64. The normalized spacial score (nSPS) is 13.2. The Bertz CT molecular complexity index is 637. The maximum absolute atomic E-state index is 12.4. The van der Waals surface area contributed by atoms with Crippen LogP contribution < -0.4 is 10.6 Å². The predicted molar refractivity (Wildman–Crippen MR) is 106 cm³/mol. The van der Waals surface area contributed by atoms with Crippen molar-refractivity contribution in [2.45, 2.75) is 52.1 Å². The van der Waals surface area contributed by atoms with Crippen molar-refractivity contribution in [3.05, 3.63) is 60.2 Å². The van der Waals surface area contributed by atoms with E-state index >= 15 is 0 Å². The molecule has 3 heteroatoms. The molecule has 2 rings (SSSR count). The van der Waals surface area contributed by atoms with Crippen LogP contribution >= 0.6 is 0 Å². The van der Waals surface area contributed by atoms with E-state index in [1.807, 2.05) is 42.5 Å². The Morgan fingerprint density at radius 1 is 0.960 bits per heavy atom. The Morgan fingerprint density at radius 3 is 2.20 bits per heavy atom. The van der Waals surface area contributed by atoms with Gasteiger partial charge in [0.15, 0.2) is 0 Å². The molecule has 0 saturated heterocycles. The second kappa shape index (κ2) is 10.00. The van der Waals surface area contributed by atoms with Gasteiger partial charge < -0.3 is 10.6 Å². The highest BCUT2D eigenvalue weighted by molar-refractivity contribution is 5.94. The van der Waals surface area contributed by atoms with E-state index in [2.05, 4.69) is 43.5 Å². The topological polar surface area (TPSA) is 41.1 Å². The minimum Gasteiger partial charge on any atom is -0.350 e. The molecule has 0 aliphatic rings. The molecular formula is C22H30N2O. The van der Waals surface area contributed by atoms with Crippen molar-refractivity contribution in [1.29, 1.82) is 0 Å². The lowest BCUT2D eigenvalue weighted by Gasteiger charge is -2.22. The van der Waals surface area contributed by atoms with Gasteiger partial charge in [0.25, 0.3) is 5.91 Å². The quantitative estimate of drug-likeness (QED) is 0.699. The van der Waals surface area contributed by atoms with E-state index in [0.29, 0.717) is 24.2 Å². The van der Waals surface area contributed by atoms with Crippen LogP contribution in [0, 0.1) is 0 Å². The summed E-state index contributed by atoms with van der Waals surface area (Å²) in [5.74, 6) is -0.00772. The van der Waals surface area contributed by atoms with Crippen molar-refractivity contribution in [1.82, 2.24) is 10.6 Å². The summed E-state index contributed by atoms with van der Waals surface area (Å²) < 4.78 is 0. The SMILES string of the molecule is CCCC(CNC(=O)c1ccc(-c2ccccc2)cc1)NC(C)CC. The molecule has 2 aromatic rings. The lowest BCUT2D eigenvalue weighted by Crippen LogP contribution is -2.44. The van der Waals surface area contributed by atoms with Crippen LogP contribution in [0.4, 0.5) is 0 Å². The van der Waals surface area contributed by atoms with Crippen molar-refractivity contribution in [2.24, 2.45) is 0 Å². The summed E-state index contributed by atoms with van der Waals surface area (Å²) in [7, 11) is 0. The maximum Gasteiger partial charge on any atom is 0.251 e. The summed E-state index contributed by atoms with van der Waals surface area (Å²) in [5, 5.41) is 6.66. The fourth-order valence-electron chi connectivity index (χ4n) is 2.88. The molecule has 0 spiro atoms. The number of hydrogen-bond donors (Lipinski definition) is 2. The van der Waals surface area contributed by atoms with Crippen molar-refractivity contribution in [2.75, 3.05) is 6.54 Å². The first-order chi connectivity index (χ1) is 12.1. The molecule has 3 nitrogen and oxygen atoms in total. The Kier molecular flexibility index (Phi) is 7.68. The molecule has 0 aliphatic carbocycles. The first kappa shape index (κ1) is 19.2. The van der Waals surface area contributed by atoms with Crippen LogP contribution in [-0.2, 0) is 0 Å². The van der Waals surface area contributed by atoms with Gasteiger partial charge in [-0.1, -0.05) is 62.7 Å². The van der Waals surface area contributed by atoms with Crippen molar-refractivity contribution in [3.8, 4) is 11.1 Å². The number of hydrogen-bond acceptors (Lipinski definition) is 2. The van der Waals surface area contributed by atoms with Gasteiger partial charge in [0.1, 0.15) is 0 Å². The molecule has 2 atom stereocenters. The fourth-order valence-corrected chi connectivity index (χ4v) is 2.88. The number of nitrogens with one attached hydrogen (secondary N) is 2. The first-order valence-electron chi connectivity index (χ1n) is 9.33. The Balaban J connectivity index is 1.93. The summed E-state index contributed by atoms with van der Waals surface area (Å²) in [6.45, 7) is 7.20. The van der Waals surface area contributed by atoms with E-state index < -0.39 is 0 Å². The summed E-state index contributed by atoms with van der Waals surface area (Å²) in [6.07, 6.45) is 3.27. The van der Waals surface area contributed by atoms with Gasteiger partial charge in [-0.05, 0) is 43.0 Å². The van der Waals surface area contributed by atoms with Crippen LogP contribution in [0.5, 0.6) is 0 Å². The van der Waals surface area contributed by atoms with Gasteiger partial charge in [-0.15, -0.1) is 0 Å². The van der Waals surface area contributed by atoms with Gasteiger partial charge in [0, 0.05) is 24.2 Å². The minimum absolute atomic E-state index is 0.00772. The molecule has 0 heterocycles. The molecule has 0 aromatic heterocycles. The summed E-state index contributed by atoms with van der Waals surface area (Å²) in [6, 6.07) is 18.8. The van der Waals surface area contributed by atoms with Crippen LogP contribution in [0.1, 0.15) is 50.4 Å². The van der Waals surface area contributed by atoms with Gasteiger partial charge in [-0.3, -0.25) is 4.79 Å². The highest BCUT2D eigenvalue weighted by atomic mass is 16.1. The van der Waals surface area contributed by atoms with Gasteiger partial charge in [-0.25, -0.2) is 0 Å². The Labute approximate surface area is 151 Å². The van der Waals surface area contributed by atoms with Crippen LogP contribution in [-0.4, -0.2) is 24.5 Å². The molecule has 0 saturated carbocycles. The maximum atomic E-state index is 12.4. The number of amides is 1. The Morgan fingerprint density at radius 2 is 1.60 bits per heavy atom. The summed E-state index contributed by atoms with van der Waals surface area (Å²) in [4.78, 5) is 12.4. The summed E-state index contributed by atoms with van der Waals surface area (Å²) in [5.41, 5.74) is 2.99. The van der Waals surface area contributed by atoms with Crippen molar-refractivity contribution < 1.29 is 4.79 Å². The van der Waals surface area contributed by atoms with Crippen LogP contribution in [0.3, 0.4) is 0 Å². The Hall–Kier alpha value is -2.13. The smallest absolute Gasteiger partial charge is 0.251 e. The van der Waals surface area contributed by atoms with Crippen LogP contribution in [0.15, 0.2) is 54.6 Å². The second-order valence-corrected chi connectivity index (χ2v) is 6.61. The average Bonchev–Trinajstić information content (AvgIpc) is 2.66. The molecule has 25 heavy (non-hydrogen) atoms. The summed E-state index contributed by atoms with van der Waals surface area (Å²) >= 11 is 0. The number of carbonyl (C=O) groups is 1. The van der Waals surface area contributed by atoms with Crippen molar-refractivity contribution in [3.63, 3.8) is 0 Å². The molecular weight excluding hydrogens is 308 g/mol. The molecule has 0 fully saturated rings. The zero-order valence-corrected chi connectivity index (χ0v) is 15.6. The number of rotatable bonds is 9. The molecule has 2 N–H and O–H groups in total. The van der Waals surface area contributed by atoms with E-state index in [0.717, 1.165) is 30.4 Å². The second-order valence-electron chi connectivity index (χ2n) is 6.61. The first-order valence-corrected chi connectivity index (χ1v) is 9.33. The van der Waals surface area contributed by atoms with E-state index in [1.165, 1.54) is 0 Å². The molecule has 2 unspecified atom stereocenters. The molecule has 0 radical (unpaired) electrons. The standard InChI is InChI=1S/C22H30N2O/c1-4-9-21(24-17(3)5-2)16-23-22(25)20-14-12-19(13-15-20)18-10-7-6-8-11-18/h6-8,10-15,17,21,24H,4-5,9,16H2,1-3H3,(H,23,25). The molecule has 1 amide bonds. The largest absolute Gasteiger partial charge is 0.350 e. The highest BCUT2D eigenvalue weighted by Gasteiger charge is 2.13. The highest BCUT2D eigenvalue weighted by Crippen LogP contribution is 2.19. The van der Waals surface area contributed by atoms with Gasteiger partial charge in [0.2, 0.25) is 0 Å². The lowest BCUT2D eigenvalue weighted by molar-refractivity contribution is 0.0948. The van der Waals surface area contributed by atoms with E-state index in [4.69, 9.17) is 0 Å². The third kappa shape index (κ3) is 6.02. The van der Waals surface area contributed by atoms with E-state index in [-0.39, 0.29) is 5.91 Å². The molecule has 0 aliphatic heterocycles. The molecule has 2 aromatic carbocycles. The average molecular weight is 338 g/mol. The lowest BCUT2D eigenvalue weighted by atomic mass is 10.0. The third-order valence-electron chi connectivity index (χ3n) is 4.53. The number of benzene rings is 2. The van der Waals surface area contributed by atoms with Crippen molar-refractivity contribution >= 4 is 5.91 Å². The minimum atomic E-state index is -0.00772. The molecule has 0 bridgehead atoms. The van der Waals surface area contributed by atoms with Gasteiger partial charge >= 0.3 is 0 Å². The zero-order valence-electron chi connectivity index (χ0n) is 15.6. The molecule has 134 valence electrons. The van der Waals surface area contributed by atoms with Crippen LogP contribution in [0.25, 0.3) is 11.1 Å². The van der Waals surface area contributed by atoms with Crippen LogP contribution in [0.2, 0.25) is 0 Å². The van der Waals surface area contributed by atoms with E-state index in [1.54, 1.807) is 0 Å². The fraction of sp³-hybridized carbons (Fsp3) is 0.409. The zero-order chi connectivity index (χ0) is 18.1. The third-order valence-corrected chi connectivity index (χ3v) is 4.53.